The second-order valence-electron chi connectivity index (χ2n) is 4.58. The van der Waals surface area contributed by atoms with Crippen molar-refractivity contribution in [2.75, 3.05) is 13.1 Å². The fraction of sp³-hybridized carbons (Fsp3) is 0.615. The maximum absolute atomic E-state index is 11.9. The quantitative estimate of drug-likeness (QED) is 0.804. The number of nitrogens with zero attached hydrogens (tertiary/aromatic N) is 1. The van der Waals surface area contributed by atoms with Gasteiger partial charge in [0.15, 0.2) is 5.78 Å². The van der Waals surface area contributed by atoms with Crippen LogP contribution in [-0.4, -0.2) is 23.8 Å². The van der Waals surface area contributed by atoms with Crippen LogP contribution in [0.15, 0.2) is 11.4 Å². The molecule has 88 valence electrons. The first kappa shape index (κ1) is 11.8. The second-order valence-corrected chi connectivity index (χ2v) is 5.53. The summed E-state index contributed by atoms with van der Waals surface area (Å²) in [7, 11) is 0. The molecule has 16 heavy (non-hydrogen) atoms. The van der Waals surface area contributed by atoms with Crippen molar-refractivity contribution in [2.24, 2.45) is 0 Å². The molecule has 0 saturated carbocycles. The van der Waals surface area contributed by atoms with E-state index in [2.05, 4.69) is 23.3 Å². The van der Waals surface area contributed by atoms with Crippen LogP contribution in [0, 0.1) is 6.92 Å². The molecule has 1 saturated heterocycles. The Balaban J connectivity index is 2.23. The van der Waals surface area contributed by atoms with Gasteiger partial charge >= 0.3 is 0 Å². The molecule has 0 radical (unpaired) electrons. The van der Waals surface area contributed by atoms with Gasteiger partial charge in [-0.05, 0) is 56.8 Å². The minimum atomic E-state index is 0.0142. The molecule has 1 fully saturated rings. The van der Waals surface area contributed by atoms with E-state index < -0.39 is 0 Å². The van der Waals surface area contributed by atoms with Crippen molar-refractivity contribution >= 4 is 17.1 Å². The molecule has 2 heterocycles. The van der Waals surface area contributed by atoms with E-state index >= 15 is 0 Å². The molecule has 1 atom stereocenters. The van der Waals surface area contributed by atoms with Crippen LogP contribution in [0.3, 0.4) is 0 Å². The van der Waals surface area contributed by atoms with Gasteiger partial charge in [0.05, 0.1) is 0 Å². The minimum Gasteiger partial charge on any atom is -0.298 e. The van der Waals surface area contributed by atoms with Gasteiger partial charge in [-0.15, -0.1) is 11.3 Å². The number of thiophene rings is 1. The zero-order chi connectivity index (χ0) is 11.5. The van der Waals surface area contributed by atoms with Crippen molar-refractivity contribution in [1.29, 1.82) is 0 Å². The molecule has 0 bridgehead atoms. The van der Waals surface area contributed by atoms with Crippen molar-refractivity contribution in [1.82, 2.24) is 4.90 Å². The van der Waals surface area contributed by atoms with Gasteiger partial charge in [-0.25, -0.2) is 0 Å². The van der Waals surface area contributed by atoms with E-state index in [4.69, 9.17) is 0 Å². The van der Waals surface area contributed by atoms with Crippen molar-refractivity contribution in [3.8, 4) is 0 Å². The van der Waals surface area contributed by atoms with Crippen LogP contribution in [0.1, 0.15) is 42.7 Å². The number of carbonyl (C=O) groups is 1. The van der Waals surface area contributed by atoms with Crippen LogP contribution >= 0.6 is 11.3 Å². The Kier molecular flexibility index (Phi) is 3.77. The number of hydrogen-bond donors (Lipinski definition) is 0. The van der Waals surface area contributed by atoms with Gasteiger partial charge < -0.3 is 0 Å². The van der Waals surface area contributed by atoms with E-state index in [9.17, 15) is 4.79 Å². The molecule has 0 aliphatic carbocycles. The lowest BCUT2D eigenvalue weighted by atomic mass is 10.0. The van der Waals surface area contributed by atoms with E-state index in [1.54, 1.807) is 18.3 Å². The van der Waals surface area contributed by atoms with Crippen molar-refractivity contribution < 1.29 is 4.79 Å². The Bertz CT molecular complexity index is 366. The fourth-order valence-electron chi connectivity index (χ4n) is 2.45. The first-order valence-electron chi connectivity index (χ1n) is 5.98. The summed E-state index contributed by atoms with van der Waals surface area (Å²) in [6.45, 7) is 5.97. The molecule has 1 aliphatic heterocycles. The summed E-state index contributed by atoms with van der Waals surface area (Å²) >= 11 is 1.72. The first-order valence-corrected chi connectivity index (χ1v) is 6.86. The summed E-state index contributed by atoms with van der Waals surface area (Å²) in [6, 6.07) is 2.13. The average Bonchev–Trinajstić information content (AvgIpc) is 2.66. The molecule has 0 N–H and O–H groups in total. The minimum absolute atomic E-state index is 0.0142. The number of Topliss-reactive ketones (excluding diaryl/α,β-unsaturated/α-hetero) is 1. The normalized spacial score (nSPS) is 19.6. The van der Waals surface area contributed by atoms with Gasteiger partial charge in [0.25, 0.3) is 0 Å². The molecule has 1 aromatic rings. The summed E-state index contributed by atoms with van der Waals surface area (Å²) in [5, 5.41) is 2.09. The van der Waals surface area contributed by atoms with Gasteiger partial charge in [-0.2, -0.15) is 0 Å². The van der Waals surface area contributed by atoms with Gasteiger partial charge in [-0.1, -0.05) is 6.42 Å². The second kappa shape index (κ2) is 5.11. The summed E-state index contributed by atoms with van der Waals surface area (Å²) in [4.78, 5) is 15.5. The zero-order valence-electron chi connectivity index (χ0n) is 10.0. The molecule has 0 spiro atoms. The van der Waals surface area contributed by atoms with Gasteiger partial charge in [-0.3, -0.25) is 9.69 Å². The van der Waals surface area contributed by atoms with E-state index in [0.29, 0.717) is 0 Å². The highest BCUT2D eigenvalue weighted by molar-refractivity contribution is 7.10. The molecule has 1 unspecified atom stereocenters. The molecule has 1 aliphatic rings. The smallest absolute Gasteiger partial charge is 0.152 e. The lowest BCUT2D eigenvalue weighted by Crippen LogP contribution is -2.37. The number of ketones is 1. The number of carbonyl (C=O) groups excluding carboxylic acids is 1. The van der Waals surface area contributed by atoms with E-state index in [1.807, 2.05) is 0 Å². The SMILES string of the molecule is CC(=O)C(c1sccc1C)N1CCCCC1. The number of hydrogen-bond acceptors (Lipinski definition) is 3. The average molecular weight is 237 g/mol. The number of piperidine rings is 1. The van der Waals surface area contributed by atoms with Crippen LogP contribution in [0.5, 0.6) is 0 Å². The summed E-state index contributed by atoms with van der Waals surface area (Å²) in [5.41, 5.74) is 1.26. The summed E-state index contributed by atoms with van der Waals surface area (Å²) in [5.74, 6) is 0.285. The first-order chi connectivity index (χ1) is 7.70. The lowest BCUT2D eigenvalue weighted by Gasteiger charge is -2.32. The third-order valence-electron chi connectivity index (χ3n) is 3.29. The molecule has 0 amide bonds. The Labute approximate surface area is 101 Å². The molecule has 2 nitrogen and oxygen atoms in total. The lowest BCUT2D eigenvalue weighted by molar-refractivity contribution is -0.122. The van der Waals surface area contributed by atoms with Gasteiger partial charge in [0, 0.05) is 4.88 Å². The monoisotopic (exact) mass is 237 g/mol. The highest BCUT2D eigenvalue weighted by Gasteiger charge is 2.27. The van der Waals surface area contributed by atoms with E-state index in [1.165, 1.54) is 29.7 Å². The predicted molar refractivity (Wildman–Crippen MR) is 67.9 cm³/mol. The highest BCUT2D eigenvalue weighted by Crippen LogP contribution is 2.31. The fourth-order valence-corrected chi connectivity index (χ4v) is 3.57. The molecule has 1 aromatic heterocycles. The highest BCUT2D eigenvalue weighted by atomic mass is 32.1. The van der Waals surface area contributed by atoms with Crippen LogP contribution < -0.4 is 0 Å². The van der Waals surface area contributed by atoms with Crippen LogP contribution in [0.4, 0.5) is 0 Å². The number of likely N-dealkylation sites (tertiary alicyclic amines) is 1. The maximum atomic E-state index is 11.9. The zero-order valence-corrected chi connectivity index (χ0v) is 10.8. The molecule has 3 heteroatoms. The molecule has 0 aromatic carbocycles. The Hall–Kier alpha value is -0.670. The third kappa shape index (κ3) is 2.36. The summed E-state index contributed by atoms with van der Waals surface area (Å²) < 4.78 is 0. The van der Waals surface area contributed by atoms with Crippen molar-refractivity contribution in [3.63, 3.8) is 0 Å². The molecular weight excluding hydrogens is 218 g/mol. The van der Waals surface area contributed by atoms with Crippen LogP contribution in [0.2, 0.25) is 0 Å². The predicted octanol–water partition coefficient (Wildman–Crippen LogP) is 3.17. The largest absolute Gasteiger partial charge is 0.298 e. The summed E-state index contributed by atoms with van der Waals surface area (Å²) in [6.07, 6.45) is 3.77. The molecular formula is C13H19NOS. The van der Waals surface area contributed by atoms with Crippen molar-refractivity contribution in [3.05, 3.63) is 21.9 Å². The Morgan fingerprint density at radius 1 is 1.38 bits per heavy atom. The Morgan fingerprint density at radius 3 is 2.56 bits per heavy atom. The Morgan fingerprint density at radius 2 is 2.06 bits per heavy atom. The van der Waals surface area contributed by atoms with Gasteiger partial charge in [0.1, 0.15) is 6.04 Å². The standard InChI is InChI=1S/C13H19NOS/c1-10-6-9-16-13(10)12(11(2)15)14-7-4-3-5-8-14/h6,9,12H,3-5,7-8H2,1-2H3. The van der Waals surface area contributed by atoms with E-state index in [-0.39, 0.29) is 11.8 Å². The number of aryl methyl sites for hydroxylation is 1. The van der Waals surface area contributed by atoms with Gasteiger partial charge in [0.2, 0.25) is 0 Å². The van der Waals surface area contributed by atoms with Crippen LogP contribution in [-0.2, 0) is 4.79 Å². The van der Waals surface area contributed by atoms with E-state index in [0.717, 1.165) is 13.1 Å². The maximum Gasteiger partial charge on any atom is 0.152 e. The topological polar surface area (TPSA) is 20.3 Å². The third-order valence-corrected chi connectivity index (χ3v) is 4.36. The molecule has 2 rings (SSSR count). The van der Waals surface area contributed by atoms with Crippen molar-refractivity contribution in [2.45, 2.75) is 39.2 Å². The van der Waals surface area contributed by atoms with Crippen LogP contribution in [0.25, 0.3) is 0 Å². The number of rotatable bonds is 3.